The van der Waals surface area contributed by atoms with Crippen molar-refractivity contribution in [1.82, 2.24) is 10.2 Å². The maximum atomic E-state index is 12.0. The van der Waals surface area contributed by atoms with Gasteiger partial charge in [0.1, 0.15) is 11.5 Å². The summed E-state index contributed by atoms with van der Waals surface area (Å²) in [6, 6.07) is 5.51. The third-order valence-electron chi connectivity index (χ3n) is 3.96. The second-order valence-electron chi connectivity index (χ2n) is 5.44. The van der Waals surface area contributed by atoms with E-state index < -0.39 is 0 Å². The van der Waals surface area contributed by atoms with Crippen LogP contribution in [-0.4, -0.2) is 51.2 Å². The Labute approximate surface area is 140 Å². The number of carbonyl (C=O) groups excluding carboxylic acids is 1. The predicted molar refractivity (Wildman–Crippen MR) is 93.3 cm³/mol. The Morgan fingerprint density at radius 2 is 1.87 bits per heavy atom. The Hall–Kier alpha value is -1.75. The normalized spacial score (nSPS) is 10.7. The highest BCUT2D eigenvalue weighted by molar-refractivity contribution is 5.79. The molecule has 0 aliphatic heterocycles. The highest BCUT2D eigenvalue weighted by Gasteiger charge is 2.09. The van der Waals surface area contributed by atoms with Crippen LogP contribution in [0.1, 0.15) is 32.3 Å². The summed E-state index contributed by atoms with van der Waals surface area (Å²) in [6.45, 7) is 8.33. The molecule has 130 valence electrons. The van der Waals surface area contributed by atoms with E-state index in [0.717, 1.165) is 50.3 Å². The van der Waals surface area contributed by atoms with E-state index in [1.54, 1.807) is 20.3 Å². The molecular weight excluding hydrogens is 292 g/mol. The summed E-state index contributed by atoms with van der Waals surface area (Å²) in [6.07, 6.45) is 2.43. The number of hydrogen-bond acceptors (Lipinski definition) is 4. The lowest BCUT2D eigenvalue weighted by Gasteiger charge is -2.17. The largest absolute Gasteiger partial charge is 0.497 e. The molecule has 5 heteroatoms. The first-order valence-electron chi connectivity index (χ1n) is 8.34. The number of ether oxygens (including phenoxy) is 2. The van der Waals surface area contributed by atoms with Gasteiger partial charge in [-0.2, -0.15) is 0 Å². The molecule has 0 unspecified atom stereocenters. The van der Waals surface area contributed by atoms with Gasteiger partial charge in [0.05, 0.1) is 20.6 Å². The molecule has 0 saturated heterocycles. The highest BCUT2D eigenvalue weighted by atomic mass is 16.5. The Kier molecular flexibility index (Phi) is 9.14. The molecule has 0 saturated carbocycles. The van der Waals surface area contributed by atoms with Gasteiger partial charge in [0.15, 0.2) is 0 Å². The quantitative estimate of drug-likeness (QED) is 0.636. The molecule has 1 aromatic carbocycles. The zero-order valence-electron chi connectivity index (χ0n) is 14.9. The van der Waals surface area contributed by atoms with Crippen LogP contribution >= 0.6 is 0 Å². The monoisotopic (exact) mass is 322 g/mol. The molecule has 0 bridgehead atoms. The molecule has 0 heterocycles. The highest BCUT2D eigenvalue weighted by Crippen LogP contribution is 2.24. The van der Waals surface area contributed by atoms with Crippen molar-refractivity contribution in [3.8, 4) is 11.5 Å². The lowest BCUT2D eigenvalue weighted by molar-refractivity contribution is -0.120. The van der Waals surface area contributed by atoms with Crippen LogP contribution < -0.4 is 14.8 Å². The fourth-order valence-corrected chi connectivity index (χ4v) is 2.46. The predicted octanol–water partition coefficient (Wildman–Crippen LogP) is 2.48. The molecule has 23 heavy (non-hydrogen) atoms. The summed E-state index contributed by atoms with van der Waals surface area (Å²) in [5.74, 6) is 1.43. The molecule has 0 fully saturated rings. The van der Waals surface area contributed by atoms with E-state index in [1.165, 1.54) is 0 Å². The molecule has 0 spiro atoms. The van der Waals surface area contributed by atoms with E-state index in [-0.39, 0.29) is 5.91 Å². The molecule has 0 radical (unpaired) electrons. The Morgan fingerprint density at radius 3 is 2.48 bits per heavy atom. The minimum absolute atomic E-state index is 0.0244. The Bertz CT molecular complexity index is 473. The van der Waals surface area contributed by atoms with Gasteiger partial charge >= 0.3 is 0 Å². The van der Waals surface area contributed by atoms with Gasteiger partial charge < -0.3 is 19.7 Å². The van der Waals surface area contributed by atoms with Gasteiger partial charge in [-0.3, -0.25) is 4.79 Å². The first-order chi connectivity index (χ1) is 11.1. The van der Waals surface area contributed by atoms with Gasteiger partial charge in [-0.25, -0.2) is 0 Å². The van der Waals surface area contributed by atoms with Crippen molar-refractivity contribution >= 4 is 5.91 Å². The SMILES string of the molecule is CCN(CC)CCCCNC(=O)Cc1ccc(OC)cc1OC. The number of nitrogens with one attached hydrogen (secondary N) is 1. The van der Waals surface area contributed by atoms with Crippen molar-refractivity contribution < 1.29 is 14.3 Å². The van der Waals surface area contributed by atoms with Crippen LogP contribution in [0.3, 0.4) is 0 Å². The number of carbonyl (C=O) groups is 1. The summed E-state index contributed by atoms with van der Waals surface area (Å²) in [5, 5.41) is 2.98. The van der Waals surface area contributed by atoms with Gasteiger partial charge in [-0.05, 0) is 38.5 Å². The smallest absolute Gasteiger partial charge is 0.224 e. The average Bonchev–Trinajstić information content (AvgIpc) is 2.58. The summed E-state index contributed by atoms with van der Waals surface area (Å²) in [7, 11) is 3.21. The van der Waals surface area contributed by atoms with Gasteiger partial charge in [-0.1, -0.05) is 19.9 Å². The number of rotatable bonds is 11. The van der Waals surface area contributed by atoms with Gasteiger partial charge in [0.25, 0.3) is 0 Å². The minimum atomic E-state index is 0.0244. The minimum Gasteiger partial charge on any atom is -0.497 e. The number of nitrogens with zero attached hydrogens (tertiary/aromatic N) is 1. The molecule has 0 aliphatic rings. The van der Waals surface area contributed by atoms with E-state index in [0.29, 0.717) is 12.2 Å². The molecule has 0 aromatic heterocycles. The van der Waals surface area contributed by atoms with Crippen LogP contribution in [0.25, 0.3) is 0 Å². The van der Waals surface area contributed by atoms with Crippen molar-refractivity contribution in [3.05, 3.63) is 23.8 Å². The first-order valence-corrected chi connectivity index (χ1v) is 8.34. The topological polar surface area (TPSA) is 50.8 Å². The van der Waals surface area contributed by atoms with Crippen LogP contribution in [0.5, 0.6) is 11.5 Å². The van der Waals surface area contributed by atoms with Crippen LogP contribution in [0.2, 0.25) is 0 Å². The first kappa shape index (κ1) is 19.3. The fraction of sp³-hybridized carbons (Fsp3) is 0.611. The van der Waals surface area contributed by atoms with Crippen molar-refractivity contribution in [1.29, 1.82) is 0 Å². The second kappa shape index (κ2) is 10.9. The van der Waals surface area contributed by atoms with E-state index in [9.17, 15) is 4.79 Å². The molecule has 0 aliphatic carbocycles. The van der Waals surface area contributed by atoms with Gasteiger partial charge in [-0.15, -0.1) is 0 Å². The maximum Gasteiger partial charge on any atom is 0.224 e. The third kappa shape index (κ3) is 6.91. The lowest BCUT2D eigenvalue weighted by atomic mass is 10.1. The van der Waals surface area contributed by atoms with Crippen molar-refractivity contribution in [3.63, 3.8) is 0 Å². The fourth-order valence-electron chi connectivity index (χ4n) is 2.46. The maximum absolute atomic E-state index is 12.0. The standard InChI is InChI=1S/C18H30N2O3/c1-5-20(6-2)12-8-7-11-19-18(21)13-15-9-10-16(22-3)14-17(15)23-4/h9-10,14H,5-8,11-13H2,1-4H3,(H,19,21). The zero-order chi connectivity index (χ0) is 17.1. The molecule has 1 rings (SSSR count). The number of methoxy groups -OCH3 is 2. The van der Waals surface area contributed by atoms with Crippen molar-refractivity contribution in [2.75, 3.05) is 40.4 Å². The zero-order valence-corrected chi connectivity index (χ0v) is 14.9. The molecule has 1 amide bonds. The van der Waals surface area contributed by atoms with E-state index >= 15 is 0 Å². The summed E-state index contributed by atoms with van der Waals surface area (Å²) in [5.41, 5.74) is 0.869. The van der Waals surface area contributed by atoms with Crippen LogP contribution in [-0.2, 0) is 11.2 Å². The van der Waals surface area contributed by atoms with E-state index in [4.69, 9.17) is 9.47 Å². The third-order valence-corrected chi connectivity index (χ3v) is 3.96. The molecular formula is C18H30N2O3. The van der Waals surface area contributed by atoms with Crippen molar-refractivity contribution in [2.24, 2.45) is 0 Å². The molecule has 1 aromatic rings. The van der Waals surface area contributed by atoms with Crippen LogP contribution in [0.15, 0.2) is 18.2 Å². The summed E-state index contributed by atoms with van der Waals surface area (Å²) < 4.78 is 10.5. The lowest BCUT2D eigenvalue weighted by Crippen LogP contribution is -2.28. The van der Waals surface area contributed by atoms with Crippen LogP contribution in [0, 0.1) is 0 Å². The molecule has 1 N–H and O–H groups in total. The summed E-state index contributed by atoms with van der Waals surface area (Å²) >= 11 is 0. The van der Waals surface area contributed by atoms with Gasteiger partial charge in [0, 0.05) is 18.2 Å². The Balaban J connectivity index is 2.34. The van der Waals surface area contributed by atoms with E-state index in [1.807, 2.05) is 12.1 Å². The molecule has 0 atom stereocenters. The summed E-state index contributed by atoms with van der Waals surface area (Å²) in [4.78, 5) is 14.4. The van der Waals surface area contributed by atoms with Crippen molar-refractivity contribution in [2.45, 2.75) is 33.1 Å². The molecule has 5 nitrogen and oxygen atoms in total. The average molecular weight is 322 g/mol. The van der Waals surface area contributed by atoms with Crippen LogP contribution in [0.4, 0.5) is 0 Å². The number of hydrogen-bond donors (Lipinski definition) is 1. The second-order valence-corrected chi connectivity index (χ2v) is 5.44. The Morgan fingerprint density at radius 1 is 1.13 bits per heavy atom. The number of amides is 1. The van der Waals surface area contributed by atoms with E-state index in [2.05, 4.69) is 24.1 Å². The number of unbranched alkanes of at least 4 members (excludes halogenated alkanes) is 1. The van der Waals surface area contributed by atoms with Gasteiger partial charge in [0.2, 0.25) is 5.91 Å². The number of benzene rings is 1.